The zero-order valence-corrected chi connectivity index (χ0v) is 16.7. The fourth-order valence-electron chi connectivity index (χ4n) is 2.86. The van der Waals surface area contributed by atoms with Crippen molar-refractivity contribution in [2.45, 2.75) is 20.8 Å². The Bertz CT molecular complexity index is 883. The lowest BCUT2D eigenvalue weighted by molar-refractivity contribution is -0.114. The van der Waals surface area contributed by atoms with E-state index in [2.05, 4.69) is 0 Å². The summed E-state index contributed by atoms with van der Waals surface area (Å²) in [5.74, 6) is 1.11. The van der Waals surface area contributed by atoms with Crippen LogP contribution in [0.4, 0.5) is 0 Å². The number of ether oxygens (including phenoxy) is 2. The van der Waals surface area contributed by atoms with Crippen LogP contribution in [0.2, 0.25) is 0 Å². The molecule has 0 atom stereocenters. The van der Waals surface area contributed by atoms with E-state index in [1.165, 1.54) is 16.8 Å². The third-order valence-electron chi connectivity index (χ3n) is 4.01. The molecule has 26 heavy (non-hydrogen) atoms. The van der Waals surface area contributed by atoms with Gasteiger partial charge in [0.1, 0.15) is 0 Å². The van der Waals surface area contributed by atoms with Gasteiger partial charge in [0.05, 0.1) is 18.6 Å². The first-order chi connectivity index (χ1) is 12.5. The molecule has 2 heterocycles. The number of carbonyl (C=O) groups is 1. The summed E-state index contributed by atoms with van der Waals surface area (Å²) in [7, 11) is 1.60. The van der Waals surface area contributed by atoms with Crippen LogP contribution >= 0.6 is 24.0 Å². The molecule has 3 rings (SSSR count). The Kier molecular flexibility index (Phi) is 5.38. The van der Waals surface area contributed by atoms with Gasteiger partial charge in [-0.1, -0.05) is 23.9 Å². The number of hydrogen-bond donors (Lipinski definition) is 0. The van der Waals surface area contributed by atoms with Crippen molar-refractivity contribution in [3.63, 3.8) is 0 Å². The molecule has 1 aliphatic rings. The minimum atomic E-state index is -0.146. The highest BCUT2D eigenvalue weighted by atomic mass is 32.2. The first kappa shape index (κ1) is 18.5. The molecule has 0 saturated carbocycles. The summed E-state index contributed by atoms with van der Waals surface area (Å²) in [4.78, 5) is 13.6. The van der Waals surface area contributed by atoms with Crippen molar-refractivity contribution < 1.29 is 14.3 Å². The van der Waals surface area contributed by atoms with Gasteiger partial charge in [0, 0.05) is 17.0 Å². The molecule has 5 nitrogen and oxygen atoms in total. The fraction of sp³-hybridized carbons (Fsp3) is 0.263. The normalized spacial score (nSPS) is 15.8. The van der Waals surface area contributed by atoms with E-state index < -0.39 is 0 Å². The van der Waals surface area contributed by atoms with Crippen molar-refractivity contribution in [3.05, 3.63) is 52.2 Å². The zero-order valence-electron chi connectivity index (χ0n) is 15.1. The number of methoxy groups -OCH3 is 1. The third-order valence-corrected chi connectivity index (χ3v) is 5.29. The van der Waals surface area contributed by atoms with Gasteiger partial charge in [-0.2, -0.15) is 5.01 Å². The number of rotatable bonds is 5. The Hall–Kier alpha value is -2.25. The van der Waals surface area contributed by atoms with Gasteiger partial charge >= 0.3 is 0 Å². The first-order valence-electron chi connectivity index (χ1n) is 8.21. The predicted molar refractivity (Wildman–Crippen MR) is 109 cm³/mol. The second-order valence-corrected chi connectivity index (χ2v) is 7.41. The number of benzene rings is 1. The van der Waals surface area contributed by atoms with Crippen molar-refractivity contribution in [1.29, 1.82) is 0 Å². The van der Waals surface area contributed by atoms with E-state index >= 15 is 0 Å². The Labute approximate surface area is 162 Å². The molecule has 0 N–H and O–H groups in total. The van der Waals surface area contributed by atoms with Gasteiger partial charge in [0.2, 0.25) is 0 Å². The van der Waals surface area contributed by atoms with Crippen LogP contribution in [0.3, 0.4) is 0 Å². The van der Waals surface area contributed by atoms with Gasteiger partial charge in [0.15, 0.2) is 15.8 Å². The summed E-state index contributed by atoms with van der Waals surface area (Å²) >= 11 is 6.75. The number of aryl methyl sites for hydroxylation is 2. The molecule has 0 unspecified atom stereocenters. The molecule has 1 amide bonds. The highest BCUT2D eigenvalue weighted by molar-refractivity contribution is 8.27. The summed E-state index contributed by atoms with van der Waals surface area (Å²) in [5, 5.41) is 1.54. The maximum atomic E-state index is 13.0. The lowest BCUT2D eigenvalue weighted by Gasteiger charge is -2.20. The monoisotopic (exact) mass is 388 g/mol. The van der Waals surface area contributed by atoms with Crippen LogP contribution in [0.1, 0.15) is 23.9 Å². The van der Waals surface area contributed by atoms with Crippen LogP contribution in [0.5, 0.6) is 11.5 Å². The molecule has 0 aliphatic carbocycles. The molecule has 0 spiro atoms. The van der Waals surface area contributed by atoms with Crippen molar-refractivity contribution >= 4 is 40.3 Å². The molecule has 7 heteroatoms. The first-order valence-corrected chi connectivity index (χ1v) is 9.43. The lowest BCUT2D eigenvalue weighted by atomic mass is 10.1. The van der Waals surface area contributed by atoms with E-state index in [4.69, 9.17) is 21.7 Å². The minimum Gasteiger partial charge on any atom is -0.493 e. The predicted octanol–water partition coefficient (Wildman–Crippen LogP) is 4.05. The molecule has 136 valence electrons. The Morgan fingerprint density at radius 2 is 1.88 bits per heavy atom. The summed E-state index contributed by atoms with van der Waals surface area (Å²) in [6.07, 6.45) is 1.81. The number of amides is 1. The highest BCUT2D eigenvalue weighted by Gasteiger charge is 2.35. The van der Waals surface area contributed by atoms with Gasteiger partial charge in [0.25, 0.3) is 5.91 Å². The zero-order chi connectivity index (χ0) is 18.8. The maximum absolute atomic E-state index is 13.0. The summed E-state index contributed by atoms with van der Waals surface area (Å²) in [5.41, 5.74) is 2.69. The van der Waals surface area contributed by atoms with Crippen LogP contribution < -0.4 is 14.5 Å². The highest BCUT2D eigenvalue weighted by Crippen LogP contribution is 2.37. The second kappa shape index (κ2) is 7.55. The van der Waals surface area contributed by atoms with Crippen molar-refractivity contribution in [3.8, 4) is 11.5 Å². The molecule has 0 bridgehead atoms. The van der Waals surface area contributed by atoms with E-state index in [1.807, 2.05) is 55.8 Å². The minimum absolute atomic E-state index is 0.146. The fourth-order valence-corrected chi connectivity index (χ4v) is 4.09. The standard InChI is InChI=1S/C19H20N2O3S2/c1-5-24-17-14(7-6-8-15(17)23-4)11-16-18(22)21(19(25)26-16)20-12(2)9-10-13(20)3/h6-11H,5H2,1-4H3/b16-11+. The van der Waals surface area contributed by atoms with Crippen molar-refractivity contribution in [1.82, 2.24) is 4.68 Å². The number of nitrogens with zero attached hydrogens (tertiary/aromatic N) is 2. The van der Waals surface area contributed by atoms with Gasteiger partial charge in [-0.05, 0) is 57.3 Å². The molecule has 1 saturated heterocycles. The van der Waals surface area contributed by atoms with Crippen LogP contribution in [0.25, 0.3) is 6.08 Å². The second-order valence-electron chi connectivity index (χ2n) is 5.73. The quantitative estimate of drug-likeness (QED) is 0.571. The molecule has 2 aromatic rings. The van der Waals surface area contributed by atoms with Gasteiger partial charge in [-0.25, -0.2) is 0 Å². The van der Waals surface area contributed by atoms with E-state index in [-0.39, 0.29) is 5.91 Å². The smallest absolute Gasteiger partial charge is 0.285 e. The summed E-state index contributed by atoms with van der Waals surface area (Å²) < 4.78 is 13.4. The number of hydrogen-bond acceptors (Lipinski definition) is 5. The number of thiocarbonyl (C=S) groups is 1. The molecule has 1 aliphatic heterocycles. The Balaban J connectivity index is 2.02. The SMILES string of the molecule is CCOc1c(/C=C2/SC(=S)N(n3c(C)ccc3C)C2=O)cccc1OC. The Morgan fingerprint density at radius 1 is 1.19 bits per heavy atom. The summed E-state index contributed by atoms with van der Waals surface area (Å²) in [6.45, 7) is 6.31. The third kappa shape index (κ3) is 3.24. The molecular formula is C19H20N2O3S2. The van der Waals surface area contributed by atoms with Gasteiger partial charge in [-0.15, -0.1) is 0 Å². The van der Waals surface area contributed by atoms with Crippen LogP contribution in [0.15, 0.2) is 35.2 Å². The Morgan fingerprint density at radius 3 is 2.50 bits per heavy atom. The molecule has 0 radical (unpaired) electrons. The topological polar surface area (TPSA) is 43.7 Å². The molecule has 1 fully saturated rings. The lowest BCUT2D eigenvalue weighted by Crippen LogP contribution is -2.39. The average Bonchev–Trinajstić information content (AvgIpc) is 3.08. The largest absolute Gasteiger partial charge is 0.493 e. The van der Waals surface area contributed by atoms with Crippen molar-refractivity contribution in [2.75, 3.05) is 18.7 Å². The molecule has 1 aromatic carbocycles. The maximum Gasteiger partial charge on any atom is 0.285 e. The number of thioether (sulfide) groups is 1. The van der Waals surface area contributed by atoms with Crippen LogP contribution in [-0.2, 0) is 4.79 Å². The number of aromatic nitrogens is 1. The van der Waals surface area contributed by atoms with E-state index in [0.29, 0.717) is 27.3 Å². The van der Waals surface area contributed by atoms with Crippen LogP contribution in [-0.4, -0.2) is 28.6 Å². The van der Waals surface area contributed by atoms with Crippen molar-refractivity contribution in [2.24, 2.45) is 0 Å². The van der Waals surface area contributed by atoms with E-state index in [0.717, 1.165) is 17.0 Å². The van der Waals surface area contributed by atoms with E-state index in [9.17, 15) is 4.79 Å². The number of para-hydroxylation sites is 1. The average molecular weight is 389 g/mol. The van der Waals surface area contributed by atoms with Crippen LogP contribution in [0, 0.1) is 13.8 Å². The van der Waals surface area contributed by atoms with Gasteiger partial charge < -0.3 is 9.47 Å². The molecular weight excluding hydrogens is 368 g/mol. The molecule has 1 aromatic heterocycles. The van der Waals surface area contributed by atoms with Gasteiger partial charge in [-0.3, -0.25) is 9.47 Å². The van der Waals surface area contributed by atoms with E-state index in [1.54, 1.807) is 13.2 Å². The number of carbonyl (C=O) groups excluding carboxylic acids is 1. The summed E-state index contributed by atoms with van der Waals surface area (Å²) in [6, 6.07) is 9.53.